The fourth-order valence-electron chi connectivity index (χ4n) is 1.66. The Bertz CT molecular complexity index is 569. The molecule has 0 unspecified atom stereocenters. The van der Waals surface area contributed by atoms with Crippen LogP contribution in [0.15, 0.2) is 53.0 Å². The molecule has 0 bridgehead atoms. The zero-order valence-electron chi connectivity index (χ0n) is 10.2. The predicted molar refractivity (Wildman–Crippen MR) is 81.1 cm³/mol. The topological polar surface area (TPSA) is 67.2 Å². The second-order valence-electron chi connectivity index (χ2n) is 4.05. The van der Waals surface area contributed by atoms with Gasteiger partial charge in [0.1, 0.15) is 0 Å². The van der Waals surface area contributed by atoms with Crippen molar-refractivity contribution in [2.45, 2.75) is 6.54 Å². The number of nitrogens with one attached hydrogen (secondary N) is 2. The van der Waals surface area contributed by atoms with E-state index in [0.29, 0.717) is 12.2 Å². The largest absolute Gasteiger partial charge is 0.381 e. The van der Waals surface area contributed by atoms with Crippen LogP contribution < -0.4 is 16.4 Å². The summed E-state index contributed by atoms with van der Waals surface area (Å²) >= 11 is 3.40. The molecule has 0 aliphatic heterocycles. The fraction of sp³-hybridized carbons (Fsp3) is 0.0714. The molecule has 0 radical (unpaired) electrons. The van der Waals surface area contributed by atoms with Gasteiger partial charge in [0.05, 0.1) is 0 Å². The van der Waals surface area contributed by atoms with Gasteiger partial charge in [-0.15, -0.1) is 0 Å². The van der Waals surface area contributed by atoms with Gasteiger partial charge >= 0.3 is 6.03 Å². The Morgan fingerprint density at radius 1 is 1.11 bits per heavy atom. The highest BCUT2D eigenvalue weighted by Crippen LogP contribution is 2.16. The maximum absolute atomic E-state index is 10.8. The number of carbonyl (C=O) groups is 1. The van der Waals surface area contributed by atoms with Gasteiger partial charge in [-0.3, -0.25) is 0 Å². The molecule has 19 heavy (non-hydrogen) atoms. The summed E-state index contributed by atoms with van der Waals surface area (Å²) in [6.45, 7) is 0.716. The molecule has 0 aliphatic carbocycles. The molecule has 0 heterocycles. The molecule has 2 aromatic carbocycles. The Morgan fingerprint density at radius 2 is 1.79 bits per heavy atom. The Balaban J connectivity index is 1.99. The van der Waals surface area contributed by atoms with Crippen LogP contribution in [-0.2, 0) is 6.54 Å². The van der Waals surface area contributed by atoms with E-state index in [2.05, 4.69) is 26.6 Å². The van der Waals surface area contributed by atoms with Crippen LogP contribution in [-0.4, -0.2) is 6.03 Å². The van der Waals surface area contributed by atoms with Gasteiger partial charge in [-0.1, -0.05) is 34.1 Å². The summed E-state index contributed by atoms with van der Waals surface area (Å²) in [5.74, 6) is 0. The van der Waals surface area contributed by atoms with E-state index in [4.69, 9.17) is 5.73 Å². The number of nitrogens with two attached hydrogens (primary N) is 1. The molecule has 98 valence electrons. The fourth-order valence-corrected chi connectivity index (χ4v) is 1.92. The maximum Gasteiger partial charge on any atom is 0.316 e. The third kappa shape index (κ3) is 4.30. The average molecular weight is 320 g/mol. The lowest BCUT2D eigenvalue weighted by Crippen LogP contribution is -2.19. The number of hydrogen-bond donors (Lipinski definition) is 3. The van der Waals surface area contributed by atoms with E-state index in [1.54, 1.807) is 6.07 Å². The molecule has 4 N–H and O–H groups in total. The molecule has 0 atom stereocenters. The lowest BCUT2D eigenvalue weighted by molar-refractivity contribution is 0.259. The first-order valence-corrected chi connectivity index (χ1v) is 6.57. The first kappa shape index (κ1) is 13.4. The van der Waals surface area contributed by atoms with Gasteiger partial charge in [-0.05, 0) is 35.9 Å². The van der Waals surface area contributed by atoms with Gasteiger partial charge < -0.3 is 16.4 Å². The molecule has 0 fully saturated rings. The molecule has 4 nitrogen and oxygen atoms in total. The van der Waals surface area contributed by atoms with E-state index in [1.165, 1.54) is 5.56 Å². The normalized spacial score (nSPS) is 9.95. The predicted octanol–water partition coefficient (Wildman–Crippen LogP) is 3.55. The zero-order chi connectivity index (χ0) is 13.7. The highest BCUT2D eigenvalue weighted by Gasteiger charge is 1.98. The van der Waals surface area contributed by atoms with Crippen LogP contribution in [0.1, 0.15) is 5.56 Å². The monoisotopic (exact) mass is 319 g/mol. The van der Waals surface area contributed by atoms with Crippen molar-refractivity contribution in [3.8, 4) is 0 Å². The van der Waals surface area contributed by atoms with Crippen LogP contribution in [0.4, 0.5) is 16.2 Å². The van der Waals surface area contributed by atoms with Gasteiger partial charge in [0.2, 0.25) is 0 Å². The van der Waals surface area contributed by atoms with E-state index >= 15 is 0 Å². The number of amides is 2. The molecule has 0 saturated carbocycles. The minimum absolute atomic E-state index is 0.565. The van der Waals surface area contributed by atoms with Crippen molar-refractivity contribution in [3.63, 3.8) is 0 Å². The van der Waals surface area contributed by atoms with Gasteiger partial charge in [0.15, 0.2) is 0 Å². The van der Waals surface area contributed by atoms with Crippen molar-refractivity contribution in [2.75, 3.05) is 10.6 Å². The number of urea groups is 1. The summed E-state index contributed by atoms with van der Waals surface area (Å²) < 4.78 is 1.06. The summed E-state index contributed by atoms with van der Waals surface area (Å²) in [6, 6.07) is 14.9. The number of benzene rings is 2. The van der Waals surface area contributed by atoms with E-state index in [9.17, 15) is 4.79 Å². The van der Waals surface area contributed by atoms with Crippen molar-refractivity contribution < 1.29 is 4.79 Å². The smallest absolute Gasteiger partial charge is 0.316 e. The third-order valence-electron chi connectivity index (χ3n) is 2.54. The second kappa shape index (κ2) is 6.24. The van der Waals surface area contributed by atoms with Crippen molar-refractivity contribution in [1.29, 1.82) is 0 Å². The summed E-state index contributed by atoms with van der Waals surface area (Å²) in [5, 5.41) is 5.83. The first-order valence-electron chi connectivity index (χ1n) is 5.78. The van der Waals surface area contributed by atoms with E-state index in [-0.39, 0.29) is 0 Å². The Hall–Kier alpha value is -2.01. The van der Waals surface area contributed by atoms with Crippen LogP contribution in [0, 0.1) is 0 Å². The minimum atomic E-state index is -0.565. The summed E-state index contributed by atoms with van der Waals surface area (Å²) in [6.07, 6.45) is 0. The summed E-state index contributed by atoms with van der Waals surface area (Å²) in [7, 11) is 0. The second-order valence-corrected chi connectivity index (χ2v) is 4.97. The quantitative estimate of drug-likeness (QED) is 0.806. The molecule has 2 aromatic rings. The van der Waals surface area contributed by atoms with Crippen molar-refractivity contribution >= 4 is 33.3 Å². The number of halogens is 1. The first-order chi connectivity index (χ1) is 9.13. The standard InChI is InChI=1S/C14H14BrN3O/c15-11-6-4-10(5-7-11)9-17-12-2-1-3-13(8-12)18-14(16)19/h1-8,17H,9H2,(H3,16,18,19). The van der Waals surface area contributed by atoms with Crippen LogP contribution in [0.3, 0.4) is 0 Å². The highest BCUT2D eigenvalue weighted by atomic mass is 79.9. The lowest BCUT2D eigenvalue weighted by Gasteiger charge is -2.09. The Morgan fingerprint density at radius 3 is 2.47 bits per heavy atom. The Labute approximate surface area is 120 Å². The van der Waals surface area contributed by atoms with Gasteiger partial charge in [0.25, 0.3) is 0 Å². The van der Waals surface area contributed by atoms with Gasteiger partial charge in [-0.2, -0.15) is 0 Å². The Kier molecular flexibility index (Phi) is 4.41. The van der Waals surface area contributed by atoms with E-state index in [0.717, 1.165) is 10.2 Å². The van der Waals surface area contributed by atoms with Crippen LogP contribution in [0.2, 0.25) is 0 Å². The number of primary amides is 1. The molecule has 0 spiro atoms. The maximum atomic E-state index is 10.8. The summed E-state index contributed by atoms with van der Waals surface area (Å²) in [4.78, 5) is 10.8. The SMILES string of the molecule is NC(=O)Nc1cccc(NCc2ccc(Br)cc2)c1. The van der Waals surface area contributed by atoms with E-state index < -0.39 is 6.03 Å². The molecular formula is C14H14BrN3O. The molecule has 5 heteroatoms. The molecule has 2 rings (SSSR count). The number of hydrogen-bond acceptors (Lipinski definition) is 2. The zero-order valence-corrected chi connectivity index (χ0v) is 11.8. The van der Waals surface area contributed by atoms with Gasteiger partial charge in [0, 0.05) is 22.4 Å². The number of carbonyl (C=O) groups excluding carboxylic acids is 1. The number of rotatable bonds is 4. The van der Waals surface area contributed by atoms with Crippen molar-refractivity contribution in [1.82, 2.24) is 0 Å². The minimum Gasteiger partial charge on any atom is -0.381 e. The molecule has 0 aliphatic rings. The van der Waals surface area contributed by atoms with Crippen molar-refractivity contribution in [2.24, 2.45) is 5.73 Å². The van der Waals surface area contributed by atoms with E-state index in [1.807, 2.05) is 42.5 Å². The molecular weight excluding hydrogens is 306 g/mol. The number of anilines is 2. The molecule has 0 aromatic heterocycles. The molecule has 2 amide bonds. The average Bonchev–Trinajstić information content (AvgIpc) is 2.38. The van der Waals surface area contributed by atoms with Gasteiger partial charge in [-0.25, -0.2) is 4.79 Å². The summed E-state index contributed by atoms with van der Waals surface area (Å²) in [5.41, 5.74) is 7.86. The van der Waals surface area contributed by atoms with Crippen molar-refractivity contribution in [3.05, 3.63) is 58.6 Å². The van der Waals surface area contributed by atoms with Crippen LogP contribution in [0.25, 0.3) is 0 Å². The molecule has 0 saturated heterocycles. The highest BCUT2D eigenvalue weighted by molar-refractivity contribution is 9.10. The van der Waals surface area contributed by atoms with Crippen LogP contribution in [0.5, 0.6) is 0 Å². The lowest BCUT2D eigenvalue weighted by atomic mass is 10.2. The third-order valence-corrected chi connectivity index (χ3v) is 3.07. The van der Waals surface area contributed by atoms with Crippen LogP contribution >= 0.6 is 15.9 Å².